The van der Waals surface area contributed by atoms with Gasteiger partial charge in [0.1, 0.15) is 10.7 Å². The summed E-state index contributed by atoms with van der Waals surface area (Å²) in [4.78, 5) is 28.8. The number of rotatable bonds is 6. The Morgan fingerprint density at radius 3 is 2.46 bits per heavy atom. The average Bonchev–Trinajstić information content (AvgIpc) is 3.45. The van der Waals surface area contributed by atoms with Gasteiger partial charge in [-0.3, -0.25) is 9.59 Å². The summed E-state index contributed by atoms with van der Waals surface area (Å²) in [6.45, 7) is 1.93. The number of benzene rings is 2. The van der Waals surface area contributed by atoms with E-state index in [-0.39, 0.29) is 23.8 Å². The monoisotopic (exact) mass is 391 g/mol. The molecule has 1 heterocycles. The number of hydrogen-bond acceptors (Lipinski definition) is 4. The van der Waals surface area contributed by atoms with Crippen molar-refractivity contribution in [3.8, 4) is 10.6 Å². The number of amides is 2. The van der Waals surface area contributed by atoms with Crippen molar-refractivity contribution in [3.63, 3.8) is 0 Å². The predicted molar refractivity (Wildman–Crippen MR) is 111 cm³/mol. The van der Waals surface area contributed by atoms with Crippen molar-refractivity contribution >= 4 is 28.8 Å². The maximum Gasteiger partial charge on any atom is 0.271 e. The molecule has 28 heavy (non-hydrogen) atoms. The van der Waals surface area contributed by atoms with Gasteiger partial charge >= 0.3 is 0 Å². The van der Waals surface area contributed by atoms with Gasteiger partial charge in [-0.2, -0.15) is 0 Å². The average molecular weight is 391 g/mol. The number of nitrogens with one attached hydrogen (secondary N) is 2. The van der Waals surface area contributed by atoms with Crippen LogP contribution in [0.3, 0.4) is 0 Å². The van der Waals surface area contributed by atoms with E-state index in [0.717, 1.165) is 34.7 Å². The minimum Gasteiger partial charge on any atom is -0.344 e. The van der Waals surface area contributed by atoms with Crippen molar-refractivity contribution in [3.05, 3.63) is 71.2 Å². The summed E-state index contributed by atoms with van der Waals surface area (Å²) in [5.74, 6) is 0.0701. The van der Waals surface area contributed by atoms with E-state index >= 15 is 0 Å². The summed E-state index contributed by atoms with van der Waals surface area (Å²) in [6, 6.07) is 17.2. The molecule has 4 rings (SSSR count). The summed E-state index contributed by atoms with van der Waals surface area (Å²) < 4.78 is 0. The highest BCUT2D eigenvalue weighted by Gasteiger charge is 2.29. The molecule has 0 aliphatic heterocycles. The van der Waals surface area contributed by atoms with E-state index in [9.17, 15) is 9.59 Å². The van der Waals surface area contributed by atoms with Crippen LogP contribution in [0.2, 0.25) is 0 Å². The molecule has 2 aromatic carbocycles. The van der Waals surface area contributed by atoms with Crippen molar-refractivity contribution in [1.29, 1.82) is 0 Å². The lowest BCUT2D eigenvalue weighted by Gasteiger charge is -2.14. The molecule has 1 aromatic heterocycles. The van der Waals surface area contributed by atoms with Crippen molar-refractivity contribution in [2.75, 3.05) is 5.32 Å². The quantitative estimate of drug-likeness (QED) is 0.642. The standard InChI is InChI=1S/C22H21N3O2S/c1-14(15-9-11-18(12-10-15)24-20(26)16-7-8-16)23-21(27)19-13-28-22(25-19)17-5-3-2-4-6-17/h2-6,9-14,16H,7-8H2,1H3,(H,23,27)(H,24,26). The highest BCUT2D eigenvalue weighted by Crippen LogP contribution is 2.30. The molecule has 1 aliphatic carbocycles. The molecule has 6 heteroatoms. The third-order valence-corrected chi connectivity index (χ3v) is 5.62. The number of carbonyl (C=O) groups excluding carboxylic acids is 2. The van der Waals surface area contributed by atoms with Gasteiger partial charge in [0.25, 0.3) is 5.91 Å². The fraction of sp³-hybridized carbons (Fsp3) is 0.227. The number of hydrogen-bond donors (Lipinski definition) is 2. The summed E-state index contributed by atoms with van der Waals surface area (Å²) >= 11 is 1.46. The van der Waals surface area contributed by atoms with Gasteiger partial charge in [0.2, 0.25) is 5.91 Å². The SMILES string of the molecule is CC(NC(=O)c1csc(-c2ccccc2)n1)c1ccc(NC(=O)C2CC2)cc1. The first-order valence-corrected chi connectivity index (χ1v) is 10.2. The molecule has 142 valence electrons. The molecular weight excluding hydrogens is 370 g/mol. The van der Waals surface area contributed by atoms with Crippen molar-refractivity contribution in [2.45, 2.75) is 25.8 Å². The fourth-order valence-electron chi connectivity index (χ4n) is 2.89. The Labute approximate surface area is 167 Å². The molecule has 1 fully saturated rings. The van der Waals surface area contributed by atoms with Gasteiger partial charge in [0.15, 0.2) is 0 Å². The zero-order valence-electron chi connectivity index (χ0n) is 15.5. The first kappa shape index (κ1) is 18.4. The van der Waals surface area contributed by atoms with Crippen LogP contribution >= 0.6 is 11.3 Å². The van der Waals surface area contributed by atoms with Crippen molar-refractivity contribution < 1.29 is 9.59 Å². The minimum absolute atomic E-state index is 0.0897. The fourth-order valence-corrected chi connectivity index (χ4v) is 3.70. The predicted octanol–water partition coefficient (Wildman–Crippen LogP) is 4.65. The number of carbonyl (C=O) groups is 2. The Bertz CT molecular complexity index is 979. The van der Waals surface area contributed by atoms with Crippen LogP contribution < -0.4 is 10.6 Å². The lowest BCUT2D eigenvalue weighted by atomic mass is 10.1. The Hall–Kier alpha value is -2.99. The van der Waals surface area contributed by atoms with Gasteiger partial charge in [-0.25, -0.2) is 4.98 Å². The summed E-state index contributed by atoms with van der Waals surface area (Å²) in [5, 5.41) is 8.51. The molecule has 5 nitrogen and oxygen atoms in total. The number of thiazole rings is 1. The second-order valence-corrected chi connectivity index (χ2v) is 7.84. The van der Waals surface area contributed by atoms with Crippen LogP contribution in [0.25, 0.3) is 10.6 Å². The molecule has 1 unspecified atom stereocenters. The lowest BCUT2D eigenvalue weighted by molar-refractivity contribution is -0.117. The first-order valence-electron chi connectivity index (χ1n) is 9.33. The number of nitrogens with zero attached hydrogens (tertiary/aromatic N) is 1. The molecule has 2 amide bonds. The van der Waals surface area contributed by atoms with Crippen LogP contribution in [0.5, 0.6) is 0 Å². The summed E-state index contributed by atoms with van der Waals surface area (Å²) in [5.41, 5.74) is 3.18. The summed E-state index contributed by atoms with van der Waals surface area (Å²) in [6.07, 6.45) is 1.96. The van der Waals surface area contributed by atoms with Crippen LogP contribution in [-0.4, -0.2) is 16.8 Å². The van der Waals surface area contributed by atoms with E-state index in [1.54, 1.807) is 5.38 Å². The van der Waals surface area contributed by atoms with Crippen molar-refractivity contribution in [1.82, 2.24) is 10.3 Å². The molecule has 0 bridgehead atoms. The smallest absolute Gasteiger partial charge is 0.271 e. The molecule has 3 aromatic rings. The van der Waals surface area contributed by atoms with Gasteiger partial charge in [-0.15, -0.1) is 11.3 Å². The zero-order valence-corrected chi connectivity index (χ0v) is 16.3. The molecule has 0 saturated heterocycles. The van der Waals surface area contributed by atoms with Gasteiger partial charge < -0.3 is 10.6 Å². The second-order valence-electron chi connectivity index (χ2n) is 6.98. The topological polar surface area (TPSA) is 71.1 Å². The maximum absolute atomic E-state index is 12.5. The van der Waals surface area contributed by atoms with E-state index in [1.165, 1.54) is 11.3 Å². The second kappa shape index (κ2) is 7.94. The van der Waals surface area contributed by atoms with E-state index in [2.05, 4.69) is 15.6 Å². The zero-order chi connectivity index (χ0) is 19.5. The molecule has 1 saturated carbocycles. The maximum atomic E-state index is 12.5. The molecular formula is C22H21N3O2S. The number of aromatic nitrogens is 1. The van der Waals surface area contributed by atoms with E-state index < -0.39 is 0 Å². The van der Waals surface area contributed by atoms with Crippen LogP contribution in [0.4, 0.5) is 5.69 Å². The van der Waals surface area contributed by atoms with Crippen LogP contribution in [0, 0.1) is 5.92 Å². The normalized spacial score (nSPS) is 14.3. The van der Waals surface area contributed by atoms with Crippen molar-refractivity contribution in [2.24, 2.45) is 5.92 Å². The molecule has 1 atom stereocenters. The van der Waals surface area contributed by atoms with Crippen LogP contribution in [0.1, 0.15) is 41.9 Å². The van der Waals surface area contributed by atoms with Gasteiger partial charge in [0.05, 0.1) is 6.04 Å². The minimum atomic E-state index is -0.197. The Morgan fingerprint density at radius 2 is 1.79 bits per heavy atom. The number of anilines is 1. The Balaban J connectivity index is 1.37. The first-order chi connectivity index (χ1) is 13.6. The lowest BCUT2D eigenvalue weighted by Crippen LogP contribution is -2.26. The highest BCUT2D eigenvalue weighted by atomic mass is 32.1. The Morgan fingerprint density at radius 1 is 1.07 bits per heavy atom. The summed E-state index contributed by atoms with van der Waals surface area (Å²) in [7, 11) is 0. The Kier molecular flexibility index (Phi) is 5.21. The van der Waals surface area contributed by atoms with Gasteiger partial charge in [-0.1, -0.05) is 42.5 Å². The van der Waals surface area contributed by atoms with E-state index in [0.29, 0.717) is 5.69 Å². The van der Waals surface area contributed by atoms with E-state index in [1.807, 2.05) is 61.5 Å². The van der Waals surface area contributed by atoms with Crippen LogP contribution in [0.15, 0.2) is 60.0 Å². The third kappa shape index (κ3) is 4.28. The van der Waals surface area contributed by atoms with E-state index in [4.69, 9.17) is 0 Å². The molecule has 0 spiro atoms. The molecule has 0 radical (unpaired) electrons. The molecule has 1 aliphatic rings. The van der Waals surface area contributed by atoms with Gasteiger partial charge in [-0.05, 0) is 37.5 Å². The highest BCUT2D eigenvalue weighted by molar-refractivity contribution is 7.13. The largest absolute Gasteiger partial charge is 0.344 e. The molecule has 2 N–H and O–H groups in total. The third-order valence-electron chi connectivity index (χ3n) is 4.73. The van der Waals surface area contributed by atoms with Crippen LogP contribution in [-0.2, 0) is 4.79 Å². The van der Waals surface area contributed by atoms with Gasteiger partial charge in [0, 0.05) is 22.5 Å².